The lowest BCUT2D eigenvalue weighted by molar-refractivity contribution is 0.0255. The molecule has 2 rings (SSSR count). The van der Waals surface area contributed by atoms with E-state index in [4.69, 9.17) is 20.6 Å². The van der Waals surface area contributed by atoms with Crippen molar-refractivity contribution in [3.05, 3.63) is 29.3 Å². The van der Waals surface area contributed by atoms with Crippen LogP contribution in [0.1, 0.15) is 24.0 Å². The van der Waals surface area contributed by atoms with Crippen LogP contribution in [0.2, 0.25) is 0 Å². The third kappa shape index (κ3) is 2.97. The Labute approximate surface area is 101 Å². The summed E-state index contributed by atoms with van der Waals surface area (Å²) in [6, 6.07) is 5.71. The minimum absolute atomic E-state index is 0.0482. The topological polar surface area (TPSA) is 68.3 Å². The standard InChI is InChI=1S/C13H18N2O2/c1-9-2-3-11(13(14)15)12(8-9)17-10-4-6-16-7-5-10/h2-3,8,10H,4-7H2,1H3,(H3,14,15). The van der Waals surface area contributed by atoms with Gasteiger partial charge >= 0.3 is 0 Å². The molecule has 0 aromatic heterocycles. The van der Waals surface area contributed by atoms with Gasteiger partial charge in [-0.15, -0.1) is 0 Å². The van der Waals surface area contributed by atoms with E-state index in [1.807, 2.05) is 25.1 Å². The summed E-state index contributed by atoms with van der Waals surface area (Å²) in [5.74, 6) is 0.761. The molecule has 1 fully saturated rings. The summed E-state index contributed by atoms with van der Waals surface area (Å²) in [6.45, 7) is 3.48. The van der Waals surface area contributed by atoms with E-state index in [2.05, 4.69) is 0 Å². The van der Waals surface area contributed by atoms with E-state index in [1.54, 1.807) is 0 Å². The van der Waals surface area contributed by atoms with Crippen LogP contribution in [0.15, 0.2) is 18.2 Å². The molecule has 4 nitrogen and oxygen atoms in total. The van der Waals surface area contributed by atoms with Crippen molar-refractivity contribution in [1.82, 2.24) is 0 Å². The van der Waals surface area contributed by atoms with Crippen LogP contribution in [0, 0.1) is 12.3 Å². The smallest absolute Gasteiger partial charge is 0.130 e. The van der Waals surface area contributed by atoms with E-state index in [0.717, 1.165) is 31.6 Å². The number of hydrogen-bond acceptors (Lipinski definition) is 3. The summed E-state index contributed by atoms with van der Waals surface area (Å²) in [7, 11) is 0. The normalized spacial score (nSPS) is 16.8. The fourth-order valence-electron chi connectivity index (χ4n) is 1.92. The van der Waals surface area contributed by atoms with Crippen molar-refractivity contribution in [3.8, 4) is 5.75 Å². The average molecular weight is 234 g/mol. The third-order valence-electron chi connectivity index (χ3n) is 2.89. The number of nitrogens with two attached hydrogens (primary N) is 1. The molecule has 1 saturated heterocycles. The molecule has 0 radical (unpaired) electrons. The van der Waals surface area contributed by atoms with Crippen LogP contribution in [0.3, 0.4) is 0 Å². The van der Waals surface area contributed by atoms with E-state index >= 15 is 0 Å². The van der Waals surface area contributed by atoms with Gasteiger partial charge in [0.2, 0.25) is 0 Å². The summed E-state index contributed by atoms with van der Waals surface area (Å²) in [4.78, 5) is 0. The molecule has 4 heteroatoms. The van der Waals surface area contributed by atoms with Crippen LogP contribution in [-0.4, -0.2) is 25.2 Å². The van der Waals surface area contributed by atoms with Gasteiger partial charge in [0.25, 0.3) is 0 Å². The van der Waals surface area contributed by atoms with E-state index in [0.29, 0.717) is 11.3 Å². The number of benzene rings is 1. The van der Waals surface area contributed by atoms with Gasteiger partial charge in [-0.3, -0.25) is 5.41 Å². The van der Waals surface area contributed by atoms with E-state index in [-0.39, 0.29) is 11.9 Å². The Morgan fingerprint density at radius 2 is 2.12 bits per heavy atom. The first-order valence-corrected chi connectivity index (χ1v) is 5.86. The van der Waals surface area contributed by atoms with Crippen molar-refractivity contribution >= 4 is 5.84 Å². The van der Waals surface area contributed by atoms with Gasteiger partial charge in [0.05, 0.1) is 18.8 Å². The summed E-state index contributed by atoms with van der Waals surface area (Å²) in [5, 5.41) is 7.54. The summed E-state index contributed by atoms with van der Waals surface area (Å²) in [5.41, 5.74) is 7.33. The minimum atomic E-state index is 0.0482. The first kappa shape index (κ1) is 11.9. The molecule has 1 aliphatic rings. The highest BCUT2D eigenvalue weighted by molar-refractivity contribution is 5.97. The van der Waals surface area contributed by atoms with Crippen molar-refractivity contribution in [2.24, 2.45) is 5.73 Å². The number of amidine groups is 1. The Bertz CT molecular complexity index is 412. The molecule has 0 bridgehead atoms. The molecular weight excluding hydrogens is 216 g/mol. The Hall–Kier alpha value is -1.55. The molecule has 0 saturated carbocycles. The highest BCUT2D eigenvalue weighted by atomic mass is 16.5. The minimum Gasteiger partial charge on any atom is -0.489 e. The second-order valence-electron chi connectivity index (χ2n) is 4.34. The molecule has 3 N–H and O–H groups in total. The van der Waals surface area contributed by atoms with Gasteiger partial charge in [0, 0.05) is 12.8 Å². The molecule has 0 atom stereocenters. The second kappa shape index (κ2) is 5.19. The zero-order chi connectivity index (χ0) is 12.3. The van der Waals surface area contributed by atoms with Gasteiger partial charge in [-0.1, -0.05) is 6.07 Å². The maximum absolute atomic E-state index is 7.54. The van der Waals surface area contributed by atoms with E-state index < -0.39 is 0 Å². The molecule has 1 heterocycles. The van der Waals surface area contributed by atoms with Crippen LogP contribution in [-0.2, 0) is 4.74 Å². The largest absolute Gasteiger partial charge is 0.489 e. The number of aryl methyl sites for hydroxylation is 1. The molecule has 1 aromatic rings. The van der Waals surface area contributed by atoms with Crippen molar-refractivity contribution < 1.29 is 9.47 Å². The number of nitrogens with one attached hydrogen (secondary N) is 1. The predicted molar refractivity (Wildman–Crippen MR) is 66.7 cm³/mol. The average Bonchev–Trinajstić information content (AvgIpc) is 2.30. The maximum atomic E-state index is 7.54. The van der Waals surface area contributed by atoms with Crippen molar-refractivity contribution in [2.75, 3.05) is 13.2 Å². The quantitative estimate of drug-likeness (QED) is 0.619. The lowest BCUT2D eigenvalue weighted by Gasteiger charge is -2.24. The zero-order valence-electron chi connectivity index (χ0n) is 10.0. The van der Waals surface area contributed by atoms with Gasteiger partial charge < -0.3 is 15.2 Å². The first-order chi connectivity index (χ1) is 8.16. The Morgan fingerprint density at radius 1 is 1.41 bits per heavy atom. The zero-order valence-corrected chi connectivity index (χ0v) is 10.0. The Balaban J connectivity index is 2.17. The number of nitrogen functional groups attached to an aromatic ring is 1. The van der Waals surface area contributed by atoms with Gasteiger partial charge in [-0.25, -0.2) is 0 Å². The summed E-state index contributed by atoms with van der Waals surface area (Å²) in [6.07, 6.45) is 1.96. The Morgan fingerprint density at radius 3 is 2.76 bits per heavy atom. The van der Waals surface area contributed by atoms with Gasteiger partial charge in [-0.05, 0) is 24.6 Å². The van der Waals surface area contributed by atoms with Crippen molar-refractivity contribution in [1.29, 1.82) is 5.41 Å². The molecule has 0 aliphatic carbocycles. The molecule has 1 aliphatic heterocycles. The molecule has 1 aromatic carbocycles. The van der Waals surface area contributed by atoms with Crippen molar-refractivity contribution in [2.45, 2.75) is 25.9 Å². The van der Waals surface area contributed by atoms with Crippen molar-refractivity contribution in [3.63, 3.8) is 0 Å². The lowest BCUT2D eigenvalue weighted by Crippen LogP contribution is -2.27. The number of rotatable bonds is 3. The molecule has 0 spiro atoms. The van der Waals surface area contributed by atoms with Gasteiger partial charge in [0.15, 0.2) is 0 Å². The maximum Gasteiger partial charge on any atom is 0.130 e. The molecule has 92 valence electrons. The van der Waals surface area contributed by atoms with Gasteiger partial charge in [-0.2, -0.15) is 0 Å². The second-order valence-corrected chi connectivity index (χ2v) is 4.34. The summed E-state index contributed by atoms with van der Waals surface area (Å²) >= 11 is 0. The van der Waals surface area contributed by atoms with Crippen LogP contribution < -0.4 is 10.5 Å². The van der Waals surface area contributed by atoms with Crippen LogP contribution in [0.5, 0.6) is 5.75 Å². The number of hydrogen-bond donors (Lipinski definition) is 2. The highest BCUT2D eigenvalue weighted by Crippen LogP contribution is 2.23. The third-order valence-corrected chi connectivity index (χ3v) is 2.89. The van der Waals surface area contributed by atoms with Crippen LogP contribution >= 0.6 is 0 Å². The van der Waals surface area contributed by atoms with E-state index in [9.17, 15) is 0 Å². The fourth-order valence-corrected chi connectivity index (χ4v) is 1.92. The molecule has 0 unspecified atom stereocenters. The molecular formula is C13H18N2O2. The Kier molecular flexibility index (Phi) is 3.64. The fraction of sp³-hybridized carbons (Fsp3) is 0.462. The number of ether oxygens (including phenoxy) is 2. The highest BCUT2D eigenvalue weighted by Gasteiger charge is 2.17. The first-order valence-electron chi connectivity index (χ1n) is 5.86. The van der Waals surface area contributed by atoms with Gasteiger partial charge in [0.1, 0.15) is 17.7 Å². The molecule has 0 amide bonds. The SMILES string of the molecule is Cc1ccc(C(=N)N)c(OC2CCOCC2)c1. The van der Waals surface area contributed by atoms with Crippen LogP contribution in [0.25, 0.3) is 0 Å². The molecule has 17 heavy (non-hydrogen) atoms. The van der Waals surface area contributed by atoms with Crippen LogP contribution in [0.4, 0.5) is 0 Å². The monoisotopic (exact) mass is 234 g/mol. The predicted octanol–water partition coefficient (Wildman–Crippen LogP) is 1.84. The lowest BCUT2D eigenvalue weighted by atomic mass is 10.1. The van der Waals surface area contributed by atoms with E-state index in [1.165, 1.54) is 0 Å². The summed E-state index contributed by atoms with van der Waals surface area (Å²) < 4.78 is 11.2.